The van der Waals surface area contributed by atoms with E-state index in [1.54, 1.807) is 26.2 Å². The van der Waals surface area contributed by atoms with Crippen LogP contribution in [0.4, 0.5) is 0 Å². The van der Waals surface area contributed by atoms with Crippen molar-refractivity contribution in [3.8, 4) is 17.2 Å². The van der Waals surface area contributed by atoms with E-state index in [9.17, 15) is 9.59 Å². The molecule has 0 radical (unpaired) electrons. The highest BCUT2D eigenvalue weighted by atomic mass is 16.5. The molecular formula is C25H32N2O5. The van der Waals surface area contributed by atoms with Crippen LogP contribution in [0.2, 0.25) is 0 Å². The van der Waals surface area contributed by atoms with Crippen molar-refractivity contribution < 1.29 is 23.8 Å². The normalized spacial score (nSPS) is 17.7. The van der Waals surface area contributed by atoms with Gasteiger partial charge in [0.05, 0.1) is 27.2 Å². The average molecular weight is 441 g/mol. The number of methoxy groups -OCH3 is 3. The first-order chi connectivity index (χ1) is 15.4. The van der Waals surface area contributed by atoms with E-state index < -0.39 is 0 Å². The number of carbonyl (C=O) groups excluding carboxylic acids is 2. The van der Waals surface area contributed by atoms with E-state index in [4.69, 9.17) is 14.2 Å². The number of nitrogens with one attached hydrogen (secondary N) is 1. The Kier molecular flexibility index (Phi) is 7.62. The lowest BCUT2D eigenvalue weighted by atomic mass is 9.88. The van der Waals surface area contributed by atoms with Crippen LogP contribution in [0.1, 0.15) is 40.7 Å². The molecule has 0 aliphatic carbocycles. The predicted octanol–water partition coefficient (Wildman–Crippen LogP) is 3.40. The van der Waals surface area contributed by atoms with Gasteiger partial charge in [-0.3, -0.25) is 9.59 Å². The maximum atomic E-state index is 13.2. The minimum absolute atomic E-state index is 0.0511. The van der Waals surface area contributed by atoms with E-state index >= 15 is 0 Å². The van der Waals surface area contributed by atoms with Crippen LogP contribution in [0, 0.1) is 12.8 Å². The van der Waals surface area contributed by atoms with Gasteiger partial charge in [-0.2, -0.15) is 0 Å². The molecule has 32 heavy (non-hydrogen) atoms. The second-order valence-corrected chi connectivity index (χ2v) is 8.04. The number of benzene rings is 2. The van der Waals surface area contributed by atoms with Crippen LogP contribution in [0.15, 0.2) is 36.4 Å². The summed E-state index contributed by atoms with van der Waals surface area (Å²) in [4.78, 5) is 28.0. The van der Waals surface area contributed by atoms with Crippen molar-refractivity contribution in [2.75, 3.05) is 41.0 Å². The Bertz CT molecular complexity index is 932. The number of rotatable bonds is 8. The number of hydrogen-bond acceptors (Lipinski definition) is 5. The molecule has 2 amide bonds. The van der Waals surface area contributed by atoms with E-state index in [0.29, 0.717) is 42.4 Å². The lowest BCUT2D eigenvalue weighted by Gasteiger charge is -2.21. The number of ether oxygens (including phenoxy) is 3. The molecule has 1 saturated heterocycles. The molecule has 0 bridgehead atoms. The summed E-state index contributed by atoms with van der Waals surface area (Å²) in [5, 5.41) is 3.00. The molecule has 2 atom stereocenters. The summed E-state index contributed by atoms with van der Waals surface area (Å²) in [6.07, 6.45) is 0.847. The monoisotopic (exact) mass is 440 g/mol. The summed E-state index contributed by atoms with van der Waals surface area (Å²) in [5.74, 6) is 0.846. The number of amides is 2. The van der Waals surface area contributed by atoms with Crippen molar-refractivity contribution in [3.05, 3.63) is 53.1 Å². The largest absolute Gasteiger partial charge is 0.493 e. The fourth-order valence-corrected chi connectivity index (χ4v) is 4.15. The van der Waals surface area contributed by atoms with Gasteiger partial charge in [0.15, 0.2) is 11.5 Å². The van der Waals surface area contributed by atoms with Crippen molar-refractivity contribution >= 4 is 11.8 Å². The first-order valence-corrected chi connectivity index (χ1v) is 10.9. The molecular weight excluding hydrogens is 408 g/mol. The molecule has 0 unspecified atom stereocenters. The van der Waals surface area contributed by atoms with Crippen molar-refractivity contribution in [1.82, 2.24) is 10.2 Å². The summed E-state index contributed by atoms with van der Waals surface area (Å²) in [6, 6.07) is 11.2. The number of aryl methyl sites for hydroxylation is 1. The van der Waals surface area contributed by atoms with E-state index in [-0.39, 0.29) is 23.7 Å². The van der Waals surface area contributed by atoms with Gasteiger partial charge >= 0.3 is 0 Å². The standard InChI is InChI=1S/C25H32N2O5/c1-6-11-26-24(28)20-15-27(25(29)17-9-7-16(2)8-10-17)14-19(20)18-12-21(30-3)23(32-5)22(13-18)31-4/h7-10,12-13,19-20H,6,11,14-15H2,1-5H3,(H,26,28)/t19-,20-/m0/s1. The van der Waals surface area contributed by atoms with Crippen LogP contribution in [0.5, 0.6) is 17.2 Å². The molecule has 2 aromatic carbocycles. The summed E-state index contributed by atoms with van der Waals surface area (Å²) in [6.45, 7) is 5.37. The summed E-state index contributed by atoms with van der Waals surface area (Å²) in [5.41, 5.74) is 2.58. The zero-order valence-corrected chi connectivity index (χ0v) is 19.4. The number of likely N-dealkylation sites (tertiary alicyclic amines) is 1. The molecule has 0 saturated carbocycles. The Balaban J connectivity index is 1.96. The summed E-state index contributed by atoms with van der Waals surface area (Å²) < 4.78 is 16.5. The van der Waals surface area contributed by atoms with Crippen molar-refractivity contribution in [3.63, 3.8) is 0 Å². The van der Waals surface area contributed by atoms with Gasteiger partial charge in [-0.25, -0.2) is 0 Å². The van der Waals surface area contributed by atoms with Crippen LogP contribution in [-0.4, -0.2) is 57.7 Å². The topological polar surface area (TPSA) is 77.1 Å². The fraction of sp³-hybridized carbons (Fsp3) is 0.440. The Morgan fingerprint density at radius 2 is 1.62 bits per heavy atom. The van der Waals surface area contributed by atoms with Crippen LogP contribution in [-0.2, 0) is 4.79 Å². The van der Waals surface area contributed by atoms with Crippen LogP contribution in [0.3, 0.4) is 0 Å². The Hall–Kier alpha value is -3.22. The minimum Gasteiger partial charge on any atom is -0.493 e. The third-order valence-corrected chi connectivity index (χ3v) is 5.91. The SMILES string of the molecule is CCCNC(=O)[C@H]1CN(C(=O)c2ccc(C)cc2)C[C@H]1c1cc(OC)c(OC)c(OC)c1. The molecule has 0 aromatic heterocycles. The maximum Gasteiger partial charge on any atom is 0.253 e. The number of nitrogens with zero attached hydrogens (tertiary/aromatic N) is 1. The summed E-state index contributed by atoms with van der Waals surface area (Å²) in [7, 11) is 4.68. The predicted molar refractivity (Wildman–Crippen MR) is 123 cm³/mol. The second kappa shape index (κ2) is 10.4. The van der Waals surface area contributed by atoms with Crippen LogP contribution < -0.4 is 19.5 Å². The smallest absolute Gasteiger partial charge is 0.253 e. The Labute approximate surface area is 189 Å². The number of carbonyl (C=O) groups is 2. The van der Waals surface area contributed by atoms with E-state index in [2.05, 4.69) is 5.32 Å². The van der Waals surface area contributed by atoms with E-state index in [0.717, 1.165) is 17.5 Å². The lowest BCUT2D eigenvalue weighted by Crippen LogP contribution is -2.36. The number of hydrogen-bond donors (Lipinski definition) is 1. The van der Waals surface area contributed by atoms with Gasteiger partial charge in [0, 0.05) is 31.1 Å². The molecule has 172 valence electrons. The second-order valence-electron chi connectivity index (χ2n) is 8.04. The van der Waals surface area contributed by atoms with Gasteiger partial charge in [0.25, 0.3) is 5.91 Å². The Morgan fingerprint density at radius 1 is 1.00 bits per heavy atom. The lowest BCUT2D eigenvalue weighted by molar-refractivity contribution is -0.124. The Morgan fingerprint density at radius 3 is 2.16 bits per heavy atom. The highest BCUT2D eigenvalue weighted by Gasteiger charge is 2.41. The third-order valence-electron chi connectivity index (χ3n) is 5.91. The van der Waals surface area contributed by atoms with Crippen molar-refractivity contribution in [2.45, 2.75) is 26.2 Å². The molecule has 1 aliphatic rings. The third kappa shape index (κ3) is 4.82. The van der Waals surface area contributed by atoms with Gasteiger partial charge < -0.3 is 24.4 Å². The van der Waals surface area contributed by atoms with Crippen molar-refractivity contribution in [2.24, 2.45) is 5.92 Å². The maximum absolute atomic E-state index is 13.2. The zero-order chi connectivity index (χ0) is 23.3. The molecule has 1 aliphatic heterocycles. The van der Waals surface area contributed by atoms with Crippen LogP contribution >= 0.6 is 0 Å². The minimum atomic E-state index is -0.376. The van der Waals surface area contributed by atoms with Crippen molar-refractivity contribution in [1.29, 1.82) is 0 Å². The highest BCUT2D eigenvalue weighted by Crippen LogP contribution is 2.43. The van der Waals surface area contributed by atoms with E-state index in [1.807, 2.05) is 50.2 Å². The van der Waals surface area contributed by atoms with Gasteiger partial charge in [0.1, 0.15) is 0 Å². The van der Waals surface area contributed by atoms with Crippen LogP contribution in [0.25, 0.3) is 0 Å². The first kappa shape index (κ1) is 23.4. The molecule has 7 heteroatoms. The van der Waals surface area contributed by atoms with Gasteiger partial charge in [-0.1, -0.05) is 24.6 Å². The first-order valence-electron chi connectivity index (χ1n) is 10.9. The average Bonchev–Trinajstić information content (AvgIpc) is 3.27. The molecule has 2 aromatic rings. The zero-order valence-electron chi connectivity index (χ0n) is 19.4. The molecule has 7 nitrogen and oxygen atoms in total. The van der Waals surface area contributed by atoms with Gasteiger partial charge in [0.2, 0.25) is 11.7 Å². The van der Waals surface area contributed by atoms with Gasteiger partial charge in [-0.05, 0) is 43.2 Å². The molecule has 0 spiro atoms. The molecule has 1 fully saturated rings. The summed E-state index contributed by atoms with van der Waals surface area (Å²) >= 11 is 0. The van der Waals surface area contributed by atoms with Gasteiger partial charge in [-0.15, -0.1) is 0 Å². The molecule has 3 rings (SSSR count). The molecule has 1 N–H and O–H groups in total. The van der Waals surface area contributed by atoms with E-state index in [1.165, 1.54) is 0 Å². The quantitative estimate of drug-likeness (QED) is 0.681. The molecule has 1 heterocycles. The highest BCUT2D eigenvalue weighted by molar-refractivity contribution is 5.95. The fourth-order valence-electron chi connectivity index (χ4n) is 4.15.